The fraction of sp³-hybridized carbons (Fsp3) is 0.365. The third-order valence-electron chi connectivity index (χ3n) is 14.3. The Morgan fingerprint density at radius 3 is 2.13 bits per heavy atom. The van der Waals surface area contributed by atoms with E-state index in [0.717, 1.165) is 78.6 Å². The maximum atomic E-state index is 13.5. The lowest BCUT2D eigenvalue weighted by Crippen LogP contribution is -2.54. The number of piperidine rings is 2. The van der Waals surface area contributed by atoms with E-state index in [1.807, 2.05) is 77.3 Å². The molecule has 5 aliphatic heterocycles. The quantitative estimate of drug-likeness (QED) is 0.129. The van der Waals surface area contributed by atoms with Gasteiger partial charge in [-0.1, -0.05) is 30.3 Å². The number of nitrogens with two attached hydrogens (primary N) is 1. The summed E-state index contributed by atoms with van der Waals surface area (Å²) in [6.45, 7) is 6.41. The number of piperazine rings is 1. The fourth-order valence-corrected chi connectivity index (χ4v) is 10.5. The van der Waals surface area contributed by atoms with Gasteiger partial charge in [0.15, 0.2) is 0 Å². The molecule has 69 heavy (non-hydrogen) atoms. The molecule has 17 heteroatoms. The molecule has 10 rings (SSSR count). The molecule has 0 spiro atoms. The monoisotopic (exact) mass is 932 g/mol. The van der Waals surface area contributed by atoms with E-state index in [1.54, 1.807) is 12.1 Å². The van der Waals surface area contributed by atoms with E-state index in [-0.39, 0.29) is 35.9 Å². The van der Waals surface area contributed by atoms with Crippen LogP contribution in [0.1, 0.15) is 81.2 Å². The van der Waals surface area contributed by atoms with Gasteiger partial charge < -0.3 is 35.4 Å². The number of aromatic nitrogens is 2. The number of imide groups is 2. The molecular weight excluding hydrogens is 877 g/mol. The van der Waals surface area contributed by atoms with Gasteiger partial charge in [0.25, 0.3) is 17.7 Å². The average molecular weight is 933 g/mol. The number of nitrogens with zero attached hydrogens (tertiary/aromatic N) is 7. The second kappa shape index (κ2) is 19.2. The molecule has 2 atom stereocenters. The van der Waals surface area contributed by atoms with E-state index in [1.165, 1.54) is 0 Å². The van der Waals surface area contributed by atoms with Crippen LogP contribution in [0.3, 0.4) is 0 Å². The number of hydrogen-bond acceptors (Lipinski definition) is 12. The number of anilines is 3. The minimum atomic E-state index is -0.991. The van der Waals surface area contributed by atoms with Crippen molar-refractivity contribution in [3.63, 3.8) is 0 Å². The molecule has 6 heterocycles. The summed E-state index contributed by atoms with van der Waals surface area (Å²) >= 11 is 0. The molecule has 4 N–H and O–H groups in total. The number of ether oxygens (including phenoxy) is 1. The Morgan fingerprint density at radius 2 is 1.43 bits per heavy atom. The van der Waals surface area contributed by atoms with Crippen molar-refractivity contribution < 1.29 is 33.5 Å². The summed E-state index contributed by atoms with van der Waals surface area (Å²) in [5.74, 6) is -0.0358. The Hall–Kier alpha value is -7.53. The van der Waals surface area contributed by atoms with Gasteiger partial charge in [0.1, 0.15) is 34.6 Å². The molecular formula is C52H56N10O7. The lowest BCUT2D eigenvalue weighted by atomic mass is 9.86. The Bertz CT molecular complexity index is 2780. The van der Waals surface area contributed by atoms with Gasteiger partial charge in [-0.15, -0.1) is 0 Å². The number of amides is 6. The molecule has 4 aromatic carbocycles. The normalized spacial score (nSPS) is 19.6. The zero-order valence-corrected chi connectivity index (χ0v) is 38.6. The van der Waals surface area contributed by atoms with E-state index in [4.69, 9.17) is 15.6 Å². The topological polar surface area (TPSA) is 196 Å². The molecule has 3 fully saturated rings. The van der Waals surface area contributed by atoms with Crippen molar-refractivity contribution in [1.29, 1.82) is 0 Å². The van der Waals surface area contributed by atoms with Gasteiger partial charge in [0, 0.05) is 88.7 Å². The van der Waals surface area contributed by atoms with Gasteiger partial charge >= 0.3 is 0 Å². The number of rotatable bonds is 13. The van der Waals surface area contributed by atoms with Crippen LogP contribution in [0.15, 0.2) is 97.1 Å². The smallest absolute Gasteiger partial charge is 0.262 e. The molecule has 6 amide bonds. The standard InChI is InChI=1S/C52H56N10O7/c1-57(32-33-7-11-36(12-8-33)58-27-29-59(30-28-58)37-13-16-40-41(31-37)52(68)61(51(40)67)43-17-18-44(63)55-50(43)66)24-22-45(64)60-25-20-34(21-26-60)42-19-23-54-49-46(48(53)65)47(56-62(42)49)35-9-14-39(15-10-35)69-38-5-3-2-4-6-38/h2-16,31,34,42-43,54H,17-30,32H2,1H3,(H2,53,65)(H,55,63,66)/t42-,43?/m0/s1. The first-order chi connectivity index (χ1) is 33.5. The van der Waals surface area contributed by atoms with Crippen LogP contribution in [0.4, 0.5) is 17.2 Å². The number of primary amides is 1. The first kappa shape index (κ1) is 45.3. The van der Waals surface area contributed by atoms with Crippen LogP contribution in [-0.2, 0) is 20.9 Å². The third-order valence-corrected chi connectivity index (χ3v) is 14.3. The Kier molecular flexibility index (Phi) is 12.6. The van der Waals surface area contributed by atoms with Crippen molar-refractivity contribution in [2.45, 2.75) is 57.2 Å². The fourth-order valence-electron chi connectivity index (χ4n) is 10.5. The second-order valence-electron chi connectivity index (χ2n) is 18.6. The van der Waals surface area contributed by atoms with Gasteiger partial charge in [-0.3, -0.25) is 39.0 Å². The summed E-state index contributed by atoms with van der Waals surface area (Å²) in [7, 11) is 2.04. The van der Waals surface area contributed by atoms with E-state index in [2.05, 4.69) is 49.6 Å². The van der Waals surface area contributed by atoms with Crippen LogP contribution in [-0.4, -0.2) is 125 Å². The van der Waals surface area contributed by atoms with Crippen molar-refractivity contribution in [3.05, 3.63) is 119 Å². The summed E-state index contributed by atoms with van der Waals surface area (Å²) in [6, 6.07) is 30.0. The van der Waals surface area contributed by atoms with E-state index in [0.29, 0.717) is 67.9 Å². The molecule has 17 nitrogen and oxygen atoms in total. The number of hydrogen-bond donors (Lipinski definition) is 3. The second-order valence-corrected chi connectivity index (χ2v) is 18.6. The van der Waals surface area contributed by atoms with Gasteiger partial charge in [-0.05, 0) is 111 Å². The number of carbonyl (C=O) groups excluding carboxylic acids is 6. The summed E-state index contributed by atoms with van der Waals surface area (Å²) in [6.07, 6.45) is 3.20. The highest BCUT2D eigenvalue weighted by atomic mass is 16.5. The van der Waals surface area contributed by atoms with E-state index < -0.39 is 35.6 Å². The zero-order chi connectivity index (χ0) is 47.8. The number of carbonyl (C=O) groups is 6. The number of benzene rings is 4. The highest BCUT2D eigenvalue weighted by molar-refractivity contribution is 6.23. The number of likely N-dealkylation sites (tertiary alicyclic amines) is 1. The average Bonchev–Trinajstić information content (AvgIpc) is 3.88. The molecule has 1 unspecified atom stereocenters. The molecule has 0 saturated carbocycles. The van der Waals surface area contributed by atoms with Crippen LogP contribution in [0, 0.1) is 5.92 Å². The number of nitrogens with one attached hydrogen (secondary N) is 2. The Morgan fingerprint density at radius 1 is 0.768 bits per heavy atom. The van der Waals surface area contributed by atoms with Gasteiger partial charge in [-0.2, -0.15) is 5.10 Å². The molecule has 5 aromatic rings. The molecule has 0 bridgehead atoms. The minimum Gasteiger partial charge on any atom is -0.457 e. The van der Waals surface area contributed by atoms with Gasteiger partial charge in [-0.25, -0.2) is 4.68 Å². The van der Waals surface area contributed by atoms with E-state index in [9.17, 15) is 28.8 Å². The van der Waals surface area contributed by atoms with Crippen LogP contribution in [0.2, 0.25) is 0 Å². The summed E-state index contributed by atoms with van der Waals surface area (Å²) < 4.78 is 7.94. The minimum absolute atomic E-state index is 0.0775. The maximum Gasteiger partial charge on any atom is 0.262 e. The van der Waals surface area contributed by atoms with Crippen molar-refractivity contribution in [3.8, 4) is 22.8 Å². The van der Waals surface area contributed by atoms with Crippen molar-refractivity contribution >= 4 is 52.6 Å². The lowest BCUT2D eigenvalue weighted by Gasteiger charge is -2.38. The highest BCUT2D eigenvalue weighted by Crippen LogP contribution is 2.40. The number of para-hydroxylation sites is 1. The molecule has 1 aromatic heterocycles. The van der Waals surface area contributed by atoms with Crippen LogP contribution in [0.25, 0.3) is 11.3 Å². The lowest BCUT2D eigenvalue weighted by molar-refractivity contribution is -0.136. The largest absolute Gasteiger partial charge is 0.457 e. The predicted octanol–water partition coefficient (Wildman–Crippen LogP) is 5.29. The predicted molar refractivity (Wildman–Crippen MR) is 259 cm³/mol. The summed E-state index contributed by atoms with van der Waals surface area (Å²) in [5.41, 5.74) is 11.4. The number of fused-ring (bicyclic) bond motifs is 2. The van der Waals surface area contributed by atoms with Crippen molar-refractivity contribution in [2.75, 3.05) is 74.5 Å². The highest BCUT2D eigenvalue weighted by Gasteiger charge is 2.45. The van der Waals surface area contributed by atoms with Gasteiger partial charge in [0.05, 0.1) is 17.2 Å². The SMILES string of the molecule is CN(CCC(=O)N1CCC([C@@H]2CCNc3c(C(N)=O)c(-c4ccc(Oc5ccccc5)cc4)nn32)CC1)Cc1ccc(N2CCN(c3ccc4c(c3)C(=O)N(C3CCC(=O)NC3=O)C4=O)CC2)cc1. The van der Waals surface area contributed by atoms with Crippen molar-refractivity contribution in [1.82, 2.24) is 29.8 Å². The van der Waals surface area contributed by atoms with Gasteiger partial charge in [0.2, 0.25) is 17.7 Å². The molecule has 0 aliphatic carbocycles. The van der Waals surface area contributed by atoms with E-state index >= 15 is 0 Å². The summed E-state index contributed by atoms with van der Waals surface area (Å²) in [4.78, 5) is 86.8. The molecule has 3 saturated heterocycles. The van der Waals surface area contributed by atoms with Crippen LogP contribution >= 0.6 is 0 Å². The Labute approximate surface area is 400 Å². The maximum absolute atomic E-state index is 13.5. The molecule has 0 radical (unpaired) electrons. The first-order valence-corrected chi connectivity index (χ1v) is 23.9. The van der Waals surface area contributed by atoms with Crippen molar-refractivity contribution in [2.24, 2.45) is 11.7 Å². The first-order valence-electron chi connectivity index (χ1n) is 23.9. The zero-order valence-electron chi connectivity index (χ0n) is 38.6. The Balaban J connectivity index is 0.678. The third kappa shape index (κ3) is 9.25. The molecule has 5 aliphatic rings. The molecule has 356 valence electrons. The van der Waals surface area contributed by atoms with Crippen LogP contribution < -0.4 is 30.9 Å². The van der Waals surface area contributed by atoms with Crippen LogP contribution in [0.5, 0.6) is 11.5 Å². The summed E-state index contributed by atoms with van der Waals surface area (Å²) in [5, 5.41) is 10.7.